The molecule has 4 aromatic carbocycles. The Morgan fingerprint density at radius 2 is 1.59 bits per heavy atom. The Hall–Kier alpha value is -3.92. The smallest absolute Gasteiger partial charge is 0.180 e. The summed E-state index contributed by atoms with van der Waals surface area (Å²) in [6.45, 7) is 3.12. The Morgan fingerprint density at radius 1 is 0.846 bits per heavy atom. The number of hydrogen-bond donors (Lipinski definition) is 0. The molecule has 0 atom stereocenters. The van der Waals surface area contributed by atoms with Gasteiger partial charge in [0.2, 0.25) is 0 Å². The highest BCUT2D eigenvalue weighted by molar-refractivity contribution is 9.10. The minimum atomic E-state index is 0.243. The molecule has 4 rings (SSSR count). The highest BCUT2D eigenvalue weighted by Crippen LogP contribution is 2.38. The van der Waals surface area contributed by atoms with Crippen molar-refractivity contribution in [2.45, 2.75) is 20.1 Å². The third kappa shape index (κ3) is 7.57. The molecular weight excluding hydrogens is 578 g/mol. The first-order valence-electron chi connectivity index (χ1n) is 12.3. The first-order valence-corrected chi connectivity index (χ1v) is 13.5. The van der Waals surface area contributed by atoms with Crippen LogP contribution in [-0.4, -0.2) is 13.7 Å². The van der Waals surface area contributed by atoms with Gasteiger partial charge in [0.25, 0.3) is 0 Å². The van der Waals surface area contributed by atoms with E-state index in [1.807, 2.05) is 79.7 Å². The van der Waals surface area contributed by atoms with Crippen LogP contribution in [0.3, 0.4) is 0 Å². The predicted octanol–water partition coefficient (Wildman–Crippen LogP) is 8.73. The van der Waals surface area contributed by atoms with Crippen LogP contribution in [0.5, 0.6) is 23.0 Å². The van der Waals surface area contributed by atoms with Crippen LogP contribution < -0.4 is 18.9 Å². The number of methoxy groups -OCH3 is 1. The van der Waals surface area contributed by atoms with E-state index in [0.717, 1.165) is 26.7 Å². The summed E-state index contributed by atoms with van der Waals surface area (Å²) < 4.78 is 24.4. The summed E-state index contributed by atoms with van der Waals surface area (Å²) in [5.74, 6) is 2.19. The van der Waals surface area contributed by atoms with Crippen LogP contribution in [0.2, 0.25) is 5.02 Å². The van der Waals surface area contributed by atoms with Gasteiger partial charge in [-0.15, -0.1) is 0 Å². The molecule has 0 bridgehead atoms. The Bertz CT molecular complexity index is 1480. The molecule has 0 aliphatic heterocycles. The van der Waals surface area contributed by atoms with Crippen LogP contribution in [0.15, 0.2) is 89.4 Å². The van der Waals surface area contributed by atoms with Crippen LogP contribution in [0.4, 0.5) is 0 Å². The maximum Gasteiger partial charge on any atom is 0.180 e. The number of hydrogen-bond acceptors (Lipinski definition) is 5. The van der Waals surface area contributed by atoms with Gasteiger partial charge in [0.15, 0.2) is 23.0 Å². The van der Waals surface area contributed by atoms with Crippen molar-refractivity contribution in [2.75, 3.05) is 13.7 Å². The zero-order valence-electron chi connectivity index (χ0n) is 21.6. The van der Waals surface area contributed by atoms with E-state index in [2.05, 4.69) is 22.0 Å². The Kier molecular flexibility index (Phi) is 9.91. The normalized spacial score (nSPS) is 11.0. The summed E-state index contributed by atoms with van der Waals surface area (Å²) in [5.41, 5.74) is 3.99. The summed E-state index contributed by atoms with van der Waals surface area (Å²) in [7, 11) is 1.55. The number of ether oxygens (including phenoxy) is 4. The fourth-order valence-electron chi connectivity index (χ4n) is 3.86. The van der Waals surface area contributed by atoms with Gasteiger partial charge < -0.3 is 18.9 Å². The predicted molar refractivity (Wildman–Crippen MR) is 158 cm³/mol. The zero-order chi connectivity index (χ0) is 27.6. The monoisotopic (exact) mass is 603 g/mol. The van der Waals surface area contributed by atoms with Crippen molar-refractivity contribution >= 4 is 39.2 Å². The van der Waals surface area contributed by atoms with Gasteiger partial charge in [-0.1, -0.05) is 76.1 Å². The van der Waals surface area contributed by atoms with Crippen molar-refractivity contribution in [1.29, 1.82) is 5.26 Å². The van der Waals surface area contributed by atoms with E-state index < -0.39 is 0 Å². The first-order chi connectivity index (χ1) is 19.0. The van der Waals surface area contributed by atoms with Gasteiger partial charge in [-0.25, -0.2) is 0 Å². The van der Waals surface area contributed by atoms with Crippen LogP contribution in [-0.2, 0) is 13.2 Å². The van der Waals surface area contributed by atoms with Crippen molar-refractivity contribution in [3.8, 4) is 29.1 Å². The van der Waals surface area contributed by atoms with Crippen LogP contribution >= 0.6 is 27.5 Å². The lowest BCUT2D eigenvalue weighted by molar-refractivity contribution is 0.265. The highest BCUT2D eigenvalue weighted by Gasteiger charge is 2.14. The molecule has 5 nitrogen and oxygen atoms in total. The molecule has 4 aromatic rings. The van der Waals surface area contributed by atoms with Gasteiger partial charge in [-0.05, 0) is 71.7 Å². The summed E-state index contributed by atoms with van der Waals surface area (Å²) in [6, 6.07) is 29.0. The molecule has 0 amide bonds. The maximum atomic E-state index is 9.70. The van der Waals surface area contributed by atoms with Gasteiger partial charge in [-0.3, -0.25) is 0 Å². The quantitative estimate of drug-likeness (QED) is 0.127. The minimum absolute atomic E-state index is 0.243. The summed E-state index contributed by atoms with van der Waals surface area (Å²) in [6.07, 6.45) is 1.77. The summed E-state index contributed by atoms with van der Waals surface area (Å²) in [4.78, 5) is 0. The summed E-state index contributed by atoms with van der Waals surface area (Å²) in [5, 5.41) is 10.1. The van der Waals surface area contributed by atoms with E-state index in [4.69, 9.17) is 30.5 Å². The molecule has 0 saturated carbocycles. The largest absolute Gasteiger partial charge is 0.493 e. The maximum absolute atomic E-state index is 9.70. The molecule has 0 aromatic heterocycles. The van der Waals surface area contributed by atoms with E-state index >= 15 is 0 Å². The molecule has 7 heteroatoms. The molecule has 0 aliphatic carbocycles. The van der Waals surface area contributed by atoms with Crippen LogP contribution in [0.1, 0.15) is 29.2 Å². The molecule has 0 saturated heterocycles. The fourth-order valence-corrected chi connectivity index (χ4v) is 4.40. The van der Waals surface area contributed by atoms with Gasteiger partial charge in [0.1, 0.15) is 13.2 Å². The summed E-state index contributed by atoms with van der Waals surface area (Å²) >= 11 is 10.0. The molecule has 0 aliphatic rings. The number of halogens is 2. The number of rotatable bonds is 11. The molecule has 0 radical (unpaired) electrons. The van der Waals surface area contributed by atoms with Crippen LogP contribution in [0, 0.1) is 11.3 Å². The number of nitriles is 1. The standard InChI is InChI=1S/C32H27BrClNO4/c1-3-37-30-17-23(9-14-29(30)38-20-22-7-5-4-6-8-22)21-39-32-28(34)16-24(18-31(32)36-2)15-26(19-35)25-10-12-27(33)13-11-25/h4-18H,3,20-21H2,1-2H3/b26-15+. The van der Waals surface area contributed by atoms with Gasteiger partial charge >= 0.3 is 0 Å². The van der Waals surface area contributed by atoms with E-state index in [9.17, 15) is 5.26 Å². The molecule has 198 valence electrons. The molecular formula is C32H27BrClNO4. The molecule has 0 unspecified atom stereocenters. The molecule has 0 fully saturated rings. The average molecular weight is 605 g/mol. The minimum Gasteiger partial charge on any atom is -0.493 e. The van der Waals surface area contributed by atoms with Crippen LogP contribution in [0.25, 0.3) is 11.6 Å². The third-order valence-electron chi connectivity index (χ3n) is 5.77. The van der Waals surface area contributed by atoms with E-state index in [1.54, 1.807) is 25.3 Å². The van der Waals surface area contributed by atoms with Crippen molar-refractivity contribution in [3.63, 3.8) is 0 Å². The lowest BCUT2D eigenvalue weighted by Gasteiger charge is -2.16. The Balaban J connectivity index is 1.51. The second-order valence-corrected chi connectivity index (χ2v) is 9.81. The average Bonchev–Trinajstić information content (AvgIpc) is 2.96. The number of benzene rings is 4. The van der Waals surface area contributed by atoms with E-state index in [0.29, 0.717) is 46.8 Å². The first kappa shape index (κ1) is 28.1. The number of nitrogens with zero attached hydrogens (tertiary/aromatic N) is 1. The highest BCUT2D eigenvalue weighted by atomic mass is 79.9. The molecule has 39 heavy (non-hydrogen) atoms. The zero-order valence-corrected chi connectivity index (χ0v) is 24.0. The topological polar surface area (TPSA) is 60.7 Å². The third-order valence-corrected chi connectivity index (χ3v) is 6.58. The van der Waals surface area contributed by atoms with Gasteiger partial charge in [0.05, 0.1) is 30.4 Å². The SMILES string of the molecule is CCOc1cc(COc2c(Cl)cc(/C=C(\C#N)c3ccc(Br)cc3)cc2OC)ccc1OCc1ccccc1. The van der Waals surface area contributed by atoms with E-state index in [1.165, 1.54) is 0 Å². The molecule has 0 spiro atoms. The second-order valence-electron chi connectivity index (χ2n) is 8.49. The second kappa shape index (κ2) is 13.7. The lowest BCUT2D eigenvalue weighted by Crippen LogP contribution is -2.02. The van der Waals surface area contributed by atoms with E-state index in [-0.39, 0.29) is 6.61 Å². The van der Waals surface area contributed by atoms with Gasteiger partial charge in [-0.2, -0.15) is 5.26 Å². The molecule has 0 heterocycles. The Morgan fingerprint density at radius 3 is 2.28 bits per heavy atom. The Labute approximate surface area is 242 Å². The molecule has 0 N–H and O–H groups in total. The van der Waals surface area contributed by atoms with Crippen molar-refractivity contribution < 1.29 is 18.9 Å². The van der Waals surface area contributed by atoms with Crippen molar-refractivity contribution in [3.05, 3.63) is 117 Å². The number of allylic oxidation sites excluding steroid dienone is 1. The van der Waals surface area contributed by atoms with Crippen molar-refractivity contribution in [1.82, 2.24) is 0 Å². The fraction of sp³-hybridized carbons (Fsp3) is 0.156. The lowest BCUT2D eigenvalue weighted by atomic mass is 10.0. The van der Waals surface area contributed by atoms with Crippen molar-refractivity contribution in [2.24, 2.45) is 0 Å². The van der Waals surface area contributed by atoms with Gasteiger partial charge in [0, 0.05) is 4.47 Å².